The molecule has 0 spiro atoms. The zero-order valence-electron chi connectivity index (χ0n) is 18.8. The molecule has 4 rings (SSSR count). The third kappa shape index (κ3) is 4.93. The molecular weight excluding hydrogens is 436 g/mol. The number of carbonyl (C=O) groups is 2. The number of benzene rings is 2. The van der Waals surface area contributed by atoms with Gasteiger partial charge in [0.2, 0.25) is 0 Å². The van der Waals surface area contributed by atoms with Crippen LogP contribution < -0.4 is 20.3 Å². The van der Waals surface area contributed by atoms with E-state index in [9.17, 15) is 9.59 Å². The number of rotatable bonds is 8. The summed E-state index contributed by atoms with van der Waals surface area (Å²) in [5.74, 6) is 0.438. The lowest BCUT2D eigenvalue weighted by Gasteiger charge is -2.12. The molecule has 2 N–H and O–H groups in total. The number of ether oxygens (including phenoxy) is 2. The van der Waals surface area contributed by atoms with Gasteiger partial charge < -0.3 is 13.9 Å². The zero-order chi connectivity index (χ0) is 23.9. The number of furan rings is 1. The number of carbonyl (C=O) groups excluding carboxylic acids is 2. The van der Waals surface area contributed by atoms with Crippen LogP contribution in [0.4, 0.5) is 0 Å². The molecule has 2 aromatic heterocycles. The molecular formula is C25H24N4O5. The summed E-state index contributed by atoms with van der Waals surface area (Å²) in [5.41, 5.74) is 6.57. The van der Waals surface area contributed by atoms with Crippen LogP contribution in [0.25, 0.3) is 17.1 Å². The fraction of sp³-hybridized carbons (Fsp3) is 0.160. The van der Waals surface area contributed by atoms with Crippen LogP contribution >= 0.6 is 0 Å². The monoisotopic (exact) mass is 460 g/mol. The van der Waals surface area contributed by atoms with Crippen LogP contribution in [0.5, 0.6) is 11.5 Å². The Morgan fingerprint density at radius 2 is 1.76 bits per heavy atom. The Bertz CT molecular complexity index is 1270. The maximum atomic E-state index is 13.0. The number of hydrogen-bond acceptors (Lipinski definition) is 6. The van der Waals surface area contributed by atoms with Crippen LogP contribution in [-0.2, 0) is 0 Å². The van der Waals surface area contributed by atoms with Gasteiger partial charge in [-0.2, -0.15) is 5.10 Å². The molecule has 2 heterocycles. The minimum Gasteiger partial charge on any atom is -0.493 e. The molecule has 0 atom stereocenters. The van der Waals surface area contributed by atoms with Crippen LogP contribution in [0.3, 0.4) is 0 Å². The Labute approximate surface area is 196 Å². The molecule has 0 bridgehead atoms. The molecule has 2 amide bonds. The second kappa shape index (κ2) is 10.4. The largest absolute Gasteiger partial charge is 0.493 e. The highest BCUT2D eigenvalue weighted by Crippen LogP contribution is 2.28. The van der Waals surface area contributed by atoms with E-state index in [4.69, 9.17) is 13.9 Å². The average Bonchev–Trinajstić information content (AvgIpc) is 3.56. The minimum absolute atomic E-state index is 0.221. The number of amides is 2. The summed E-state index contributed by atoms with van der Waals surface area (Å²) in [4.78, 5) is 25.7. The van der Waals surface area contributed by atoms with Gasteiger partial charge >= 0.3 is 0 Å². The molecule has 0 fully saturated rings. The molecule has 174 valence electrons. The Balaban J connectivity index is 1.52. The second-order valence-electron chi connectivity index (χ2n) is 7.26. The third-order valence-electron chi connectivity index (χ3n) is 4.89. The summed E-state index contributed by atoms with van der Waals surface area (Å²) in [6.45, 7) is 2.53. The second-order valence-corrected chi connectivity index (χ2v) is 7.26. The first-order chi connectivity index (χ1) is 16.6. The van der Waals surface area contributed by atoms with E-state index < -0.39 is 11.8 Å². The number of aromatic nitrogens is 2. The van der Waals surface area contributed by atoms with Crippen molar-refractivity contribution in [3.8, 4) is 28.6 Å². The Morgan fingerprint density at radius 3 is 2.47 bits per heavy atom. The number of nitrogens with one attached hydrogen (secondary N) is 2. The molecule has 9 nitrogen and oxygen atoms in total. The number of para-hydroxylation sites is 1. The molecule has 4 aromatic rings. The van der Waals surface area contributed by atoms with Crippen molar-refractivity contribution in [1.82, 2.24) is 20.6 Å². The molecule has 0 radical (unpaired) electrons. The lowest BCUT2D eigenvalue weighted by atomic mass is 10.2. The number of nitrogens with zero attached hydrogens (tertiary/aromatic N) is 2. The molecule has 0 unspecified atom stereocenters. The van der Waals surface area contributed by atoms with Gasteiger partial charge in [-0.25, -0.2) is 4.68 Å². The molecule has 2 aromatic carbocycles. The van der Waals surface area contributed by atoms with Crippen molar-refractivity contribution in [2.75, 3.05) is 13.7 Å². The van der Waals surface area contributed by atoms with Crippen LogP contribution in [0.2, 0.25) is 0 Å². The fourth-order valence-electron chi connectivity index (χ4n) is 3.24. The SMILES string of the molecule is CCCOc1ccc(C(=O)NNC(=O)c2cc(-c3ccco3)nn2-c2ccccc2)cc1OC. The van der Waals surface area contributed by atoms with Gasteiger partial charge in [0.25, 0.3) is 11.8 Å². The lowest BCUT2D eigenvalue weighted by Crippen LogP contribution is -2.42. The van der Waals surface area contributed by atoms with Gasteiger partial charge in [0, 0.05) is 11.6 Å². The Kier molecular flexibility index (Phi) is 6.92. The number of methoxy groups -OCH3 is 1. The van der Waals surface area contributed by atoms with Crippen molar-refractivity contribution < 1.29 is 23.5 Å². The zero-order valence-corrected chi connectivity index (χ0v) is 18.8. The topological polar surface area (TPSA) is 108 Å². The van der Waals surface area contributed by atoms with Crippen molar-refractivity contribution in [2.24, 2.45) is 0 Å². The summed E-state index contributed by atoms with van der Waals surface area (Å²) in [6, 6.07) is 19.1. The van der Waals surface area contributed by atoms with E-state index in [1.165, 1.54) is 18.1 Å². The van der Waals surface area contributed by atoms with Crippen LogP contribution in [0.1, 0.15) is 34.2 Å². The molecule has 0 saturated heterocycles. The van der Waals surface area contributed by atoms with Crippen molar-refractivity contribution in [3.05, 3.63) is 84.3 Å². The van der Waals surface area contributed by atoms with Crippen LogP contribution in [-0.4, -0.2) is 35.3 Å². The summed E-state index contributed by atoms with van der Waals surface area (Å²) in [7, 11) is 1.50. The van der Waals surface area contributed by atoms with Crippen LogP contribution in [0.15, 0.2) is 77.4 Å². The molecule has 9 heteroatoms. The van der Waals surface area contributed by atoms with E-state index >= 15 is 0 Å². The van der Waals surface area contributed by atoms with Gasteiger partial charge in [-0.05, 0) is 48.9 Å². The first-order valence-electron chi connectivity index (χ1n) is 10.7. The van der Waals surface area contributed by atoms with E-state index in [2.05, 4.69) is 16.0 Å². The van der Waals surface area contributed by atoms with Gasteiger partial charge in [0.15, 0.2) is 17.3 Å². The van der Waals surface area contributed by atoms with Crippen molar-refractivity contribution >= 4 is 11.8 Å². The lowest BCUT2D eigenvalue weighted by molar-refractivity contribution is 0.0842. The highest BCUT2D eigenvalue weighted by molar-refractivity contribution is 5.99. The predicted molar refractivity (Wildman–Crippen MR) is 125 cm³/mol. The molecule has 0 aliphatic carbocycles. The molecule has 34 heavy (non-hydrogen) atoms. The Morgan fingerprint density at radius 1 is 0.971 bits per heavy atom. The fourth-order valence-corrected chi connectivity index (χ4v) is 3.24. The minimum atomic E-state index is -0.544. The summed E-state index contributed by atoms with van der Waals surface area (Å²) in [6.07, 6.45) is 2.38. The maximum absolute atomic E-state index is 13.0. The van der Waals surface area contributed by atoms with E-state index in [0.29, 0.717) is 40.8 Å². The van der Waals surface area contributed by atoms with Gasteiger partial charge in [-0.3, -0.25) is 20.4 Å². The van der Waals surface area contributed by atoms with Crippen molar-refractivity contribution in [3.63, 3.8) is 0 Å². The highest BCUT2D eigenvalue weighted by atomic mass is 16.5. The van der Waals surface area contributed by atoms with E-state index in [0.717, 1.165) is 6.42 Å². The normalized spacial score (nSPS) is 10.5. The molecule has 0 aliphatic rings. The summed E-state index contributed by atoms with van der Waals surface area (Å²) in [5, 5.41) is 4.51. The van der Waals surface area contributed by atoms with Gasteiger partial charge in [-0.1, -0.05) is 25.1 Å². The highest BCUT2D eigenvalue weighted by Gasteiger charge is 2.20. The van der Waals surface area contributed by atoms with E-state index in [1.807, 2.05) is 37.3 Å². The summed E-state index contributed by atoms with van der Waals surface area (Å²) < 4.78 is 17.8. The van der Waals surface area contributed by atoms with Gasteiger partial charge in [0.05, 0.1) is 25.7 Å². The average molecular weight is 460 g/mol. The van der Waals surface area contributed by atoms with Crippen molar-refractivity contribution in [1.29, 1.82) is 0 Å². The maximum Gasteiger partial charge on any atom is 0.288 e. The van der Waals surface area contributed by atoms with E-state index in [1.54, 1.807) is 36.4 Å². The van der Waals surface area contributed by atoms with Crippen molar-refractivity contribution in [2.45, 2.75) is 13.3 Å². The summed E-state index contributed by atoms with van der Waals surface area (Å²) >= 11 is 0. The number of hydrogen-bond donors (Lipinski definition) is 2. The third-order valence-corrected chi connectivity index (χ3v) is 4.89. The molecule has 0 aliphatic heterocycles. The predicted octanol–water partition coefficient (Wildman–Crippen LogP) is 4.00. The van der Waals surface area contributed by atoms with Gasteiger partial charge in [0.1, 0.15) is 11.4 Å². The number of hydrazine groups is 1. The quantitative estimate of drug-likeness (QED) is 0.385. The Hall–Kier alpha value is -4.53. The first-order valence-corrected chi connectivity index (χ1v) is 10.7. The van der Waals surface area contributed by atoms with E-state index in [-0.39, 0.29) is 5.69 Å². The smallest absolute Gasteiger partial charge is 0.288 e. The van der Waals surface area contributed by atoms with Gasteiger partial charge in [-0.15, -0.1) is 0 Å². The molecule has 0 saturated carbocycles. The first kappa shape index (κ1) is 22.7. The standard InChI is InChI=1S/C25H24N4O5/c1-3-13-33-22-12-11-17(15-23(22)32-2)24(30)26-27-25(31)20-16-19(21-10-7-14-34-21)28-29(20)18-8-5-4-6-9-18/h4-12,14-16H,3,13H2,1-2H3,(H,26,30)(H,27,31). The van der Waals surface area contributed by atoms with Crippen LogP contribution in [0, 0.1) is 0 Å².